The number of aliphatic imine (C=N–C) groups is 1. The number of rotatable bonds is 5. The number of halogens is 4. The number of aromatic nitrogens is 2. The second-order valence-corrected chi connectivity index (χ2v) is 11.0. The number of amides is 1. The van der Waals surface area contributed by atoms with Crippen LogP contribution in [0.3, 0.4) is 0 Å². The number of carbonyl (C=O) groups is 1. The Labute approximate surface area is 251 Å². The van der Waals surface area contributed by atoms with E-state index in [1.807, 2.05) is 11.9 Å². The SMILES string of the molecule is CNC1CCN(C(=O)c2ccc(Nc3ncc4c(n3)-c3ccc(Cl)cc3C(c3c(F)cccc3F)=NC4)cc2Cl)CC1. The molecule has 0 bridgehead atoms. The summed E-state index contributed by atoms with van der Waals surface area (Å²) >= 11 is 12.9. The summed E-state index contributed by atoms with van der Waals surface area (Å²) in [7, 11) is 1.94. The number of anilines is 2. The van der Waals surface area contributed by atoms with Gasteiger partial charge in [0.1, 0.15) is 11.6 Å². The first kappa shape index (κ1) is 28.2. The zero-order valence-corrected chi connectivity index (χ0v) is 24.1. The summed E-state index contributed by atoms with van der Waals surface area (Å²) < 4.78 is 29.6. The number of carbonyl (C=O) groups excluding carboxylic acids is 1. The molecule has 1 saturated heterocycles. The summed E-state index contributed by atoms with van der Waals surface area (Å²) in [5, 5.41) is 7.13. The van der Waals surface area contributed by atoms with Gasteiger partial charge in [0.05, 0.1) is 34.1 Å². The van der Waals surface area contributed by atoms with Crippen LogP contribution in [-0.2, 0) is 6.54 Å². The van der Waals surface area contributed by atoms with E-state index in [1.165, 1.54) is 18.2 Å². The van der Waals surface area contributed by atoms with Crippen LogP contribution >= 0.6 is 23.2 Å². The van der Waals surface area contributed by atoms with Crippen molar-refractivity contribution in [3.63, 3.8) is 0 Å². The molecule has 2 N–H and O–H groups in total. The fourth-order valence-corrected chi connectivity index (χ4v) is 5.79. The van der Waals surface area contributed by atoms with Gasteiger partial charge in [-0.2, -0.15) is 0 Å². The van der Waals surface area contributed by atoms with E-state index in [9.17, 15) is 13.6 Å². The van der Waals surface area contributed by atoms with E-state index >= 15 is 0 Å². The lowest BCUT2D eigenvalue weighted by Gasteiger charge is -2.32. The molecule has 1 amide bonds. The van der Waals surface area contributed by atoms with E-state index in [2.05, 4.69) is 20.6 Å². The maximum Gasteiger partial charge on any atom is 0.255 e. The van der Waals surface area contributed by atoms with E-state index < -0.39 is 11.6 Å². The average molecular weight is 607 g/mol. The zero-order chi connectivity index (χ0) is 29.4. The molecule has 3 heterocycles. The highest BCUT2D eigenvalue weighted by Crippen LogP contribution is 2.35. The minimum Gasteiger partial charge on any atom is -0.338 e. The van der Waals surface area contributed by atoms with Gasteiger partial charge in [-0.25, -0.2) is 18.7 Å². The van der Waals surface area contributed by atoms with Gasteiger partial charge in [-0.1, -0.05) is 35.3 Å². The van der Waals surface area contributed by atoms with Gasteiger partial charge in [0, 0.05) is 52.7 Å². The second-order valence-electron chi connectivity index (χ2n) is 10.2. The van der Waals surface area contributed by atoms with Crippen molar-refractivity contribution < 1.29 is 13.6 Å². The van der Waals surface area contributed by atoms with Crippen LogP contribution in [0, 0.1) is 11.6 Å². The van der Waals surface area contributed by atoms with Crippen molar-refractivity contribution in [3.8, 4) is 11.3 Å². The van der Waals surface area contributed by atoms with Crippen LogP contribution in [0.15, 0.2) is 65.8 Å². The largest absolute Gasteiger partial charge is 0.338 e. The van der Waals surface area contributed by atoms with E-state index in [1.54, 1.807) is 42.6 Å². The smallest absolute Gasteiger partial charge is 0.255 e. The highest BCUT2D eigenvalue weighted by Gasteiger charge is 2.26. The van der Waals surface area contributed by atoms with Crippen LogP contribution in [0.4, 0.5) is 20.4 Å². The summed E-state index contributed by atoms with van der Waals surface area (Å²) in [6, 6.07) is 14.3. The lowest BCUT2D eigenvalue weighted by molar-refractivity contribution is 0.0707. The topological polar surface area (TPSA) is 82.5 Å². The van der Waals surface area contributed by atoms with Gasteiger partial charge >= 0.3 is 0 Å². The highest BCUT2D eigenvalue weighted by molar-refractivity contribution is 6.34. The number of likely N-dealkylation sites (tertiary alicyclic amines) is 1. The molecule has 7 nitrogen and oxygen atoms in total. The lowest BCUT2D eigenvalue weighted by Crippen LogP contribution is -2.44. The molecule has 0 saturated carbocycles. The summed E-state index contributed by atoms with van der Waals surface area (Å²) in [4.78, 5) is 28.7. The Morgan fingerprint density at radius 1 is 1.00 bits per heavy atom. The first-order valence-electron chi connectivity index (χ1n) is 13.5. The predicted molar refractivity (Wildman–Crippen MR) is 161 cm³/mol. The van der Waals surface area contributed by atoms with Crippen molar-refractivity contribution in [1.29, 1.82) is 0 Å². The molecule has 2 aliphatic rings. The summed E-state index contributed by atoms with van der Waals surface area (Å²) in [5.74, 6) is -1.26. The van der Waals surface area contributed by atoms with Crippen molar-refractivity contribution in [2.24, 2.45) is 4.99 Å². The van der Waals surface area contributed by atoms with Crippen molar-refractivity contribution in [2.75, 3.05) is 25.5 Å². The molecule has 42 heavy (non-hydrogen) atoms. The molecule has 0 spiro atoms. The van der Waals surface area contributed by atoms with Crippen molar-refractivity contribution in [1.82, 2.24) is 20.2 Å². The van der Waals surface area contributed by atoms with E-state index in [4.69, 9.17) is 28.2 Å². The molecule has 2 aliphatic heterocycles. The van der Waals surface area contributed by atoms with Gasteiger partial charge < -0.3 is 15.5 Å². The maximum atomic E-state index is 14.8. The standard InChI is InChI=1S/C31H26Cl2F2N6O/c1-36-19-9-11-41(12-10-19)30(42)22-8-6-20(14-24(22)33)39-31-38-16-17-15-37-29(27-25(34)3-2-4-26(27)35)23-13-18(32)5-7-21(23)28(17)40-31/h2-8,13-14,16,19,36H,9-12,15H2,1H3,(H,38,39,40). The van der Waals surface area contributed by atoms with Gasteiger partial charge in [0.2, 0.25) is 5.95 Å². The normalized spacial score (nSPS) is 15.0. The number of benzene rings is 3. The molecular weight excluding hydrogens is 581 g/mol. The van der Waals surface area contributed by atoms with Gasteiger partial charge in [-0.3, -0.25) is 9.79 Å². The molecule has 0 atom stereocenters. The molecule has 11 heteroatoms. The molecule has 0 unspecified atom stereocenters. The minimum absolute atomic E-state index is 0.0975. The zero-order valence-electron chi connectivity index (χ0n) is 22.6. The molecule has 3 aromatic carbocycles. The number of nitrogens with one attached hydrogen (secondary N) is 2. The van der Waals surface area contributed by atoms with Gasteiger partial charge in [-0.15, -0.1) is 0 Å². The third kappa shape index (κ3) is 5.47. The van der Waals surface area contributed by atoms with Crippen molar-refractivity contribution >= 4 is 46.5 Å². The first-order chi connectivity index (χ1) is 20.3. The van der Waals surface area contributed by atoms with Crippen LogP contribution in [0.2, 0.25) is 10.0 Å². The number of hydrogen-bond donors (Lipinski definition) is 2. The Hall–Kier alpha value is -3.92. The predicted octanol–water partition coefficient (Wildman–Crippen LogP) is 6.65. The fraction of sp³-hybridized carbons (Fsp3) is 0.226. The summed E-state index contributed by atoms with van der Waals surface area (Å²) in [6.45, 7) is 1.45. The second kappa shape index (κ2) is 11.8. The number of hydrogen-bond acceptors (Lipinski definition) is 6. The van der Waals surface area contributed by atoms with Crippen LogP contribution in [-0.4, -0.2) is 52.7 Å². The van der Waals surface area contributed by atoms with Gasteiger partial charge in [0.15, 0.2) is 0 Å². The molecule has 214 valence electrons. The van der Waals surface area contributed by atoms with Crippen LogP contribution in [0.1, 0.15) is 39.9 Å². The van der Waals surface area contributed by atoms with Crippen molar-refractivity contribution in [3.05, 3.63) is 105 Å². The Morgan fingerprint density at radius 2 is 1.76 bits per heavy atom. The van der Waals surface area contributed by atoms with Crippen LogP contribution in [0.25, 0.3) is 11.3 Å². The maximum absolute atomic E-state index is 14.8. The van der Waals surface area contributed by atoms with E-state index in [0.29, 0.717) is 62.8 Å². The molecule has 0 radical (unpaired) electrons. The third-order valence-corrected chi connectivity index (χ3v) is 8.16. The number of nitrogens with zero attached hydrogens (tertiary/aromatic N) is 4. The van der Waals surface area contributed by atoms with Gasteiger partial charge in [-0.05, 0) is 62.4 Å². The minimum atomic E-state index is -0.722. The Kier molecular flexibility index (Phi) is 7.90. The molecule has 6 rings (SSSR count). The fourth-order valence-electron chi connectivity index (χ4n) is 5.36. The quantitative estimate of drug-likeness (QED) is 0.266. The molecule has 4 aromatic rings. The summed E-state index contributed by atoms with van der Waals surface area (Å²) in [6.07, 6.45) is 3.42. The molecule has 1 fully saturated rings. The first-order valence-corrected chi connectivity index (χ1v) is 14.3. The average Bonchev–Trinajstić information content (AvgIpc) is 3.13. The third-order valence-electron chi connectivity index (χ3n) is 7.61. The number of piperidine rings is 1. The highest BCUT2D eigenvalue weighted by atomic mass is 35.5. The van der Waals surface area contributed by atoms with Crippen LogP contribution in [0.5, 0.6) is 0 Å². The van der Waals surface area contributed by atoms with Crippen molar-refractivity contribution in [2.45, 2.75) is 25.4 Å². The molecular formula is C31H26Cl2F2N6O. The molecule has 1 aromatic heterocycles. The van der Waals surface area contributed by atoms with Crippen LogP contribution < -0.4 is 10.6 Å². The molecule has 0 aliphatic carbocycles. The Balaban J connectivity index is 1.29. The number of fused-ring (bicyclic) bond motifs is 3. The monoisotopic (exact) mass is 606 g/mol. The Morgan fingerprint density at radius 3 is 2.48 bits per heavy atom. The van der Waals surface area contributed by atoms with Gasteiger partial charge in [0.25, 0.3) is 5.91 Å². The van der Waals surface area contributed by atoms with E-state index in [0.717, 1.165) is 12.8 Å². The Bertz CT molecular complexity index is 1700. The lowest BCUT2D eigenvalue weighted by atomic mass is 9.95. The van der Waals surface area contributed by atoms with E-state index in [-0.39, 0.29) is 29.7 Å². The summed E-state index contributed by atoms with van der Waals surface area (Å²) in [5.41, 5.74) is 3.26.